The summed E-state index contributed by atoms with van der Waals surface area (Å²) >= 11 is 0. The van der Waals surface area contributed by atoms with Crippen molar-refractivity contribution in [2.75, 3.05) is 45.2 Å². The quantitative estimate of drug-likeness (QED) is 0.696. The zero-order valence-corrected chi connectivity index (χ0v) is 9.18. The van der Waals surface area contributed by atoms with Crippen molar-refractivity contribution >= 4 is 5.82 Å². The third kappa shape index (κ3) is 2.18. The first kappa shape index (κ1) is 10.2. The van der Waals surface area contributed by atoms with Gasteiger partial charge < -0.3 is 14.5 Å². The molecule has 1 aromatic heterocycles. The third-order valence-electron chi connectivity index (χ3n) is 2.68. The normalized spacial score (nSPS) is 17.9. The first-order chi connectivity index (χ1) is 7.31. The summed E-state index contributed by atoms with van der Waals surface area (Å²) in [4.78, 5) is 12.8. The summed E-state index contributed by atoms with van der Waals surface area (Å²) in [5.41, 5.74) is 0. The second-order valence-electron chi connectivity index (χ2n) is 3.71. The van der Waals surface area contributed by atoms with E-state index in [0.29, 0.717) is 0 Å². The summed E-state index contributed by atoms with van der Waals surface area (Å²) in [6.45, 7) is 4.11. The van der Waals surface area contributed by atoms with Gasteiger partial charge in [-0.3, -0.25) is 0 Å². The van der Waals surface area contributed by atoms with Crippen molar-refractivity contribution in [1.29, 1.82) is 0 Å². The molecule has 0 saturated carbocycles. The van der Waals surface area contributed by atoms with Crippen molar-refractivity contribution in [3.8, 4) is 5.75 Å². The largest absolute Gasteiger partial charge is 0.491 e. The van der Waals surface area contributed by atoms with Crippen molar-refractivity contribution < 1.29 is 4.74 Å². The molecule has 0 aromatic carbocycles. The predicted molar refractivity (Wildman–Crippen MR) is 58.3 cm³/mol. The minimum atomic E-state index is 0.752. The van der Waals surface area contributed by atoms with Crippen LogP contribution in [-0.2, 0) is 0 Å². The van der Waals surface area contributed by atoms with Gasteiger partial charge in [-0.2, -0.15) is 0 Å². The third-order valence-corrected chi connectivity index (χ3v) is 2.68. The van der Waals surface area contributed by atoms with Crippen LogP contribution in [0.2, 0.25) is 0 Å². The smallest absolute Gasteiger partial charge is 0.179 e. The van der Waals surface area contributed by atoms with Gasteiger partial charge in [0, 0.05) is 26.2 Å². The molecular weight excluding hydrogens is 192 g/mol. The Labute approximate surface area is 89.7 Å². The fraction of sp³-hybridized carbons (Fsp3) is 0.600. The maximum Gasteiger partial charge on any atom is 0.179 e. The number of piperazine rings is 1. The molecule has 1 saturated heterocycles. The number of ether oxygens (including phenoxy) is 1. The summed E-state index contributed by atoms with van der Waals surface area (Å²) in [5, 5.41) is 0. The van der Waals surface area contributed by atoms with Crippen LogP contribution in [0, 0.1) is 0 Å². The number of likely N-dealkylation sites (N-methyl/N-ethyl adjacent to an activating group) is 1. The zero-order valence-electron chi connectivity index (χ0n) is 9.18. The minimum Gasteiger partial charge on any atom is -0.491 e. The number of rotatable bonds is 2. The van der Waals surface area contributed by atoms with Crippen molar-refractivity contribution in [3.63, 3.8) is 0 Å². The average Bonchev–Trinajstić information content (AvgIpc) is 2.30. The van der Waals surface area contributed by atoms with Crippen LogP contribution in [0.1, 0.15) is 0 Å². The number of nitrogens with zero attached hydrogens (tertiary/aromatic N) is 4. The second kappa shape index (κ2) is 4.44. The van der Waals surface area contributed by atoms with Crippen LogP contribution in [0.4, 0.5) is 5.82 Å². The SMILES string of the molecule is COc1cncnc1N1CCN(C)CC1. The van der Waals surface area contributed by atoms with Gasteiger partial charge in [0.05, 0.1) is 13.3 Å². The summed E-state index contributed by atoms with van der Waals surface area (Å²) in [5.74, 6) is 1.66. The van der Waals surface area contributed by atoms with E-state index in [0.717, 1.165) is 37.7 Å². The Morgan fingerprint density at radius 1 is 1.27 bits per heavy atom. The molecule has 15 heavy (non-hydrogen) atoms. The van der Waals surface area contributed by atoms with Gasteiger partial charge in [-0.1, -0.05) is 0 Å². The molecule has 0 aliphatic carbocycles. The van der Waals surface area contributed by atoms with Crippen LogP contribution in [0.15, 0.2) is 12.5 Å². The van der Waals surface area contributed by atoms with E-state index in [-0.39, 0.29) is 0 Å². The molecule has 0 atom stereocenters. The van der Waals surface area contributed by atoms with Crippen LogP contribution >= 0.6 is 0 Å². The molecule has 5 heteroatoms. The molecule has 1 aliphatic rings. The second-order valence-corrected chi connectivity index (χ2v) is 3.71. The van der Waals surface area contributed by atoms with Gasteiger partial charge in [0.2, 0.25) is 0 Å². The molecule has 1 aliphatic heterocycles. The summed E-state index contributed by atoms with van der Waals surface area (Å²) in [6, 6.07) is 0. The molecule has 5 nitrogen and oxygen atoms in total. The highest BCUT2D eigenvalue weighted by atomic mass is 16.5. The Kier molecular flexibility index (Phi) is 3.01. The van der Waals surface area contributed by atoms with Crippen LogP contribution in [0.3, 0.4) is 0 Å². The van der Waals surface area contributed by atoms with Crippen molar-refractivity contribution in [2.24, 2.45) is 0 Å². The number of hydrogen-bond donors (Lipinski definition) is 0. The standard InChI is InChI=1S/C10H16N4O/c1-13-3-5-14(6-4-13)10-9(15-2)7-11-8-12-10/h7-8H,3-6H2,1-2H3. The van der Waals surface area contributed by atoms with E-state index < -0.39 is 0 Å². The zero-order chi connectivity index (χ0) is 10.7. The van der Waals surface area contributed by atoms with Gasteiger partial charge in [-0.05, 0) is 7.05 Å². The highest BCUT2D eigenvalue weighted by molar-refractivity contribution is 5.50. The summed E-state index contributed by atoms with van der Waals surface area (Å²) < 4.78 is 5.25. The lowest BCUT2D eigenvalue weighted by Crippen LogP contribution is -2.44. The van der Waals surface area contributed by atoms with Gasteiger partial charge in [-0.25, -0.2) is 9.97 Å². The Morgan fingerprint density at radius 3 is 2.67 bits per heavy atom. The van der Waals surface area contributed by atoms with Gasteiger partial charge in [0.1, 0.15) is 6.33 Å². The van der Waals surface area contributed by atoms with Crippen molar-refractivity contribution in [1.82, 2.24) is 14.9 Å². The Bertz CT molecular complexity index is 323. The van der Waals surface area contributed by atoms with Crippen LogP contribution < -0.4 is 9.64 Å². The monoisotopic (exact) mass is 208 g/mol. The number of anilines is 1. The highest BCUT2D eigenvalue weighted by Crippen LogP contribution is 2.24. The lowest BCUT2D eigenvalue weighted by atomic mass is 10.3. The van der Waals surface area contributed by atoms with E-state index in [1.807, 2.05) is 0 Å². The minimum absolute atomic E-state index is 0.752. The van der Waals surface area contributed by atoms with E-state index in [1.54, 1.807) is 19.6 Å². The highest BCUT2D eigenvalue weighted by Gasteiger charge is 2.18. The molecule has 0 bridgehead atoms. The topological polar surface area (TPSA) is 41.5 Å². The van der Waals surface area contributed by atoms with Gasteiger partial charge in [0.15, 0.2) is 11.6 Å². The fourth-order valence-electron chi connectivity index (χ4n) is 1.71. The van der Waals surface area contributed by atoms with Gasteiger partial charge >= 0.3 is 0 Å². The number of aromatic nitrogens is 2. The maximum absolute atomic E-state index is 5.25. The molecule has 1 aromatic rings. The summed E-state index contributed by atoms with van der Waals surface area (Å²) in [7, 11) is 3.78. The molecule has 0 unspecified atom stereocenters. The van der Waals surface area contributed by atoms with Gasteiger partial charge in [-0.15, -0.1) is 0 Å². The molecule has 82 valence electrons. The van der Waals surface area contributed by atoms with Gasteiger partial charge in [0.25, 0.3) is 0 Å². The number of hydrogen-bond acceptors (Lipinski definition) is 5. The summed E-state index contributed by atoms with van der Waals surface area (Å²) in [6.07, 6.45) is 3.27. The first-order valence-corrected chi connectivity index (χ1v) is 5.08. The van der Waals surface area contributed by atoms with Crippen LogP contribution in [0.5, 0.6) is 5.75 Å². The molecule has 2 heterocycles. The molecular formula is C10H16N4O. The molecule has 0 spiro atoms. The van der Waals surface area contributed by atoms with E-state index >= 15 is 0 Å². The Balaban J connectivity index is 2.15. The Morgan fingerprint density at radius 2 is 2.00 bits per heavy atom. The van der Waals surface area contributed by atoms with Crippen LogP contribution in [-0.4, -0.2) is 55.2 Å². The molecule has 0 amide bonds. The molecule has 0 radical (unpaired) electrons. The lowest BCUT2D eigenvalue weighted by molar-refractivity contribution is 0.310. The average molecular weight is 208 g/mol. The first-order valence-electron chi connectivity index (χ1n) is 5.08. The van der Waals surface area contributed by atoms with E-state index in [2.05, 4.69) is 26.8 Å². The maximum atomic E-state index is 5.25. The van der Waals surface area contributed by atoms with Crippen molar-refractivity contribution in [2.45, 2.75) is 0 Å². The van der Waals surface area contributed by atoms with E-state index in [9.17, 15) is 0 Å². The molecule has 2 rings (SSSR count). The molecule has 1 fully saturated rings. The van der Waals surface area contributed by atoms with E-state index in [4.69, 9.17) is 4.74 Å². The number of methoxy groups -OCH3 is 1. The van der Waals surface area contributed by atoms with Crippen molar-refractivity contribution in [3.05, 3.63) is 12.5 Å². The lowest BCUT2D eigenvalue weighted by Gasteiger charge is -2.33. The predicted octanol–water partition coefficient (Wildman–Crippen LogP) is 0.237. The fourth-order valence-corrected chi connectivity index (χ4v) is 1.71. The van der Waals surface area contributed by atoms with E-state index in [1.165, 1.54) is 0 Å². The van der Waals surface area contributed by atoms with Crippen LogP contribution in [0.25, 0.3) is 0 Å². The molecule has 0 N–H and O–H groups in total. The Hall–Kier alpha value is -1.36.